The molecule has 0 aliphatic carbocycles. The molecule has 2 aromatic rings. The Bertz CT molecular complexity index is 527. The first-order valence-corrected chi connectivity index (χ1v) is 6.89. The van der Waals surface area contributed by atoms with Crippen LogP contribution in [0.2, 0.25) is 5.02 Å². The highest BCUT2D eigenvalue weighted by Crippen LogP contribution is 2.21. The van der Waals surface area contributed by atoms with Gasteiger partial charge in [-0.25, -0.2) is 9.67 Å². The molecule has 0 saturated heterocycles. The summed E-state index contributed by atoms with van der Waals surface area (Å²) in [6.07, 6.45) is 1.73. The largest absolute Gasteiger partial charge is 0.310 e. The maximum Gasteiger partial charge on any atom is 0.164 e. The van der Waals surface area contributed by atoms with Gasteiger partial charge in [0.15, 0.2) is 5.82 Å². The van der Waals surface area contributed by atoms with Crippen LogP contribution in [-0.4, -0.2) is 21.3 Å². The molecule has 1 heterocycles. The van der Waals surface area contributed by atoms with Gasteiger partial charge in [0.05, 0.1) is 13.1 Å². The average molecular weight is 330 g/mol. The maximum atomic E-state index is 6.17. The molecule has 0 aliphatic heterocycles. The van der Waals surface area contributed by atoms with E-state index in [0.717, 1.165) is 27.4 Å². The molecule has 0 saturated carbocycles. The Morgan fingerprint density at radius 3 is 3.00 bits per heavy atom. The van der Waals surface area contributed by atoms with Crippen LogP contribution in [0, 0.1) is 0 Å². The van der Waals surface area contributed by atoms with Crippen molar-refractivity contribution in [3.63, 3.8) is 0 Å². The molecule has 0 amide bonds. The van der Waals surface area contributed by atoms with E-state index < -0.39 is 0 Å². The number of aromatic nitrogens is 3. The van der Waals surface area contributed by atoms with Crippen molar-refractivity contribution in [3.8, 4) is 0 Å². The van der Waals surface area contributed by atoms with Crippen LogP contribution in [0.3, 0.4) is 0 Å². The van der Waals surface area contributed by atoms with Crippen LogP contribution in [0.1, 0.15) is 18.3 Å². The third kappa shape index (κ3) is 3.54. The summed E-state index contributed by atoms with van der Waals surface area (Å²) in [6, 6.07) is 5.84. The molecule has 0 aliphatic rings. The van der Waals surface area contributed by atoms with Gasteiger partial charge in [0.25, 0.3) is 0 Å². The van der Waals surface area contributed by atoms with E-state index in [1.165, 1.54) is 0 Å². The van der Waals surface area contributed by atoms with Gasteiger partial charge >= 0.3 is 0 Å². The van der Waals surface area contributed by atoms with Crippen LogP contribution in [0.15, 0.2) is 29.0 Å². The van der Waals surface area contributed by atoms with Crippen molar-refractivity contribution in [1.29, 1.82) is 0 Å². The van der Waals surface area contributed by atoms with Crippen molar-refractivity contribution in [2.75, 3.05) is 6.54 Å². The number of rotatable bonds is 5. The Balaban J connectivity index is 2.06. The average Bonchev–Trinajstić information content (AvgIpc) is 2.78. The summed E-state index contributed by atoms with van der Waals surface area (Å²) in [6.45, 7) is 4.29. The lowest BCUT2D eigenvalue weighted by Crippen LogP contribution is -2.13. The molecular formula is C12H14BrClN4. The first-order chi connectivity index (χ1) is 8.69. The predicted molar refractivity (Wildman–Crippen MR) is 75.7 cm³/mol. The van der Waals surface area contributed by atoms with E-state index in [4.69, 9.17) is 11.6 Å². The Hall–Kier alpha value is -0.910. The Kier molecular flexibility index (Phi) is 4.74. The molecule has 18 heavy (non-hydrogen) atoms. The third-order valence-corrected chi connectivity index (χ3v) is 3.31. The van der Waals surface area contributed by atoms with Crippen LogP contribution in [0.4, 0.5) is 0 Å². The van der Waals surface area contributed by atoms with E-state index in [-0.39, 0.29) is 0 Å². The quantitative estimate of drug-likeness (QED) is 0.917. The lowest BCUT2D eigenvalue weighted by molar-refractivity contribution is 0.643. The van der Waals surface area contributed by atoms with E-state index in [1.54, 1.807) is 11.0 Å². The monoisotopic (exact) mass is 328 g/mol. The van der Waals surface area contributed by atoms with E-state index >= 15 is 0 Å². The van der Waals surface area contributed by atoms with Gasteiger partial charge in [-0.2, -0.15) is 5.10 Å². The third-order valence-electron chi connectivity index (χ3n) is 2.46. The second-order valence-corrected chi connectivity index (χ2v) is 5.20. The van der Waals surface area contributed by atoms with Gasteiger partial charge < -0.3 is 5.32 Å². The molecule has 0 unspecified atom stereocenters. The molecular weight excluding hydrogens is 316 g/mol. The minimum absolute atomic E-state index is 0.630. The highest BCUT2D eigenvalue weighted by atomic mass is 79.9. The second-order valence-electron chi connectivity index (χ2n) is 3.87. The molecule has 0 fully saturated rings. The van der Waals surface area contributed by atoms with Gasteiger partial charge in [-0.15, -0.1) is 0 Å². The Labute approximate surface area is 119 Å². The van der Waals surface area contributed by atoms with Crippen LogP contribution in [0.5, 0.6) is 0 Å². The highest BCUT2D eigenvalue weighted by molar-refractivity contribution is 9.10. The van der Waals surface area contributed by atoms with Crippen molar-refractivity contribution in [2.24, 2.45) is 0 Å². The minimum Gasteiger partial charge on any atom is -0.310 e. The fraction of sp³-hybridized carbons (Fsp3) is 0.333. The normalized spacial score (nSPS) is 10.8. The number of hydrogen-bond acceptors (Lipinski definition) is 3. The summed E-state index contributed by atoms with van der Waals surface area (Å²) in [4.78, 5) is 4.23. The maximum absolute atomic E-state index is 6.17. The fourth-order valence-electron chi connectivity index (χ4n) is 1.55. The minimum atomic E-state index is 0.630. The summed E-state index contributed by atoms with van der Waals surface area (Å²) < 4.78 is 2.77. The van der Waals surface area contributed by atoms with Crippen molar-refractivity contribution in [2.45, 2.75) is 20.0 Å². The lowest BCUT2D eigenvalue weighted by Gasteiger charge is -2.04. The van der Waals surface area contributed by atoms with Gasteiger partial charge in [0, 0.05) is 9.50 Å². The van der Waals surface area contributed by atoms with Crippen molar-refractivity contribution >= 4 is 27.5 Å². The van der Waals surface area contributed by atoms with E-state index in [1.807, 2.05) is 18.2 Å². The van der Waals surface area contributed by atoms with E-state index in [0.29, 0.717) is 13.1 Å². The molecule has 2 rings (SSSR count). The standard InChI is InChI=1S/C12H14BrClN4/c1-2-15-6-12-16-8-18(17-12)7-9-3-4-10(13)5-11(9)14/h3-5,8,15H,2,6-7H2,1H3. The van der Waals surface area contributed by atoms with Crippen LogP contribution in [-0.2, 0) is 13.1 Å². The molecule has 0 spiro atoms. The molecule has 4 nitrogen and oxygen atoms in total. The van der Waals surface area contributed by atoms with Crippen molar-refractivity contribution in [1.82, 2.24) is 20.1 Å². The van der Waals surface area contributed by atoms with Gasteiger partial charge in [0.2, 0.25) is 0 Å². The van der Waals surface area contributed by atoms with Gasteiger partial charge in [-0.3, -0.25) is 0 Å². The van der Waals surface area contributed by atoms with Crippen LogP contribution < -0.4 is 5.32 Å². The first kappa shape index (κ1) is 13.5. The number of nitrogens with zero attached hydrogens (tertiary/aromatic N) is 3. The molecule has 0 radical (unpaired) electrons. The zero-order chi connectivity index (χ0) is 13.0. The summed E-state index contributed by atoms with van der Waals surface area (Å²) in [7, 11) is 0. The molecule has 6 heteroatoms. The van der Waals surface area contributed by atoms with Gasteiger partial charge in [-0.1, -0.05) is 40.5 Å². The van der Waals surface area contributed by atoms with Crippen molar-refractivity contribution in [3.05, 3.63) is 45.4 Å². The number of benzene rings is 1. The second kappa shape index (κ2) is 6.31. The smallest absolute Gasteiger partial charge is 0.164 e. The Morgan fingerprint density at radius 2 is 2.28 bits per heavy atom. The number of hydrogen-bond donors (Lipinski definition) is 1. The zero-order valence-electron chi connectivity index (χ0n) is 10.0. The molecule has 0 bridgehead atoms. The van der Waals surface area contributed by atoms with Crippen LogP contribution >= 0.6 is 27.5 Å². The highest BCUT2D eigenvalue weighted by Gasteiger charge is 2.04. The molecule has 1 aromatic carbocycles. The number of halogens is 2. The van der Waals surface area contributed by atoms with Crippen LogP contribution in [0.25, 0.3) is 0 Å². The van der Waals surface area contributed by atoms with E-state index in [2.05, 4.69) is 38.3 Å². The Morgan fingerprint density at radius 1 is 1.44 bits per heavy atom. The van der Waals surface area contributed by atoms with E-state index in [9.17, 15) is 0 Å². The zero-order valence-corrected chi connectivity index (χ0v) is 12.4. The lowest BCUT2D eigenvalue weighted by atomic mass is 10.2. The predicted octanol–water partition coefficient (Wildman–Crippen LogP) is 2.85. The molecule has 96 valence electrons. The number of nitrogens with one attached hydrogen (secondary N) is 1. The molecule has 1 aromatic heterocycles. The summed E-state index contributed by atoms with van der Waals surface area (Å²) in [5, 5.41) is 8.30. The SMILES string of the molecule is CCNCc1ncn(Cc2ccc(Br)cc2Cl)n1. The van der Waals surface area contributed by atoms with Crippen molar-refractivity contribution < 1.29 is 0 Å². The summed E-state index contributed by atoms with van der Waals surface area (Å²) in [5.74, 6) is 0.796. The van der Waals surface area contributed by atoms with Gasteiger partial charge in [0.1, 0.15) is 6.33 Å². The summed E-state index contributed by atoms with van der Waals surface area (Å²) >= 11 is 9.55. The van der Waals surface area contributed by atoms with Gasteiger partial charge in [-0.05, 0) is 24.2 Å². The fourth-order valence-corrected chi connectivity index (χ4v) is 2.28. The molecule has 1 N–H and O–H groups in total. The molecule has 0 atom stereocenters. The first-order valence-electron chi connectivity index (χ1n) is 5.72. The topological polar surface area (TPSA) is 42.7 Å². The summed E-state index contributed by atoms with van der Waals surface area (Å²) in [5.41, 5.74) is 1.03.